The lowest BCUT2D eigenvalue weighted by Crippen LogP contribution is -2.30. The zero-order valence-corrected chi connectivity index (χ0v) is 22.2. The standard InChI is InChI=1S/C31H30ClN3O4/c32-27-17-25(30(33)36)18-34-31(27)37-15-7-14-35(19-22-12-13-28-29(16-22)39-21-38-28)20-26(23-8-3-1-4-9-23)24-10-5-2-6-11-24/h1-6,8-13,16-18,26H,7,14-15,19-21H2,(H2,33,36). The maximum Gasteiger partial charge on any atom is 0.250 e. The molecule has 2 heterocycles. The fourth-order valence-corrected chi connectivity index (χ4v) is 4.91. The number of carbonyl (C=O) groups excluding carboxylic acids is 1. The van der Waals surface area contributed by atoms with Crippen molar-refractivity contribution in [3.63, 3.8) is 0 Å². The van der Waals surface area contributed by atoms with Gasteiger partial charge in [0.05, 0.1) is 12.2 Å². The van der Waals surface area contributed by atoms with Gasteiger partial charge in [-0.3, -0.25) is 9.69 Å². The number of hydrogen-bond acceptors (Lipinski definition) is 6. The van der Waals surface area contributed by atoms with Gasteiger partial charge in [-0.1, -0.05) is 78.3 Å². The van der Waals surface area contributed by atoms with E-state index in [1.54, 1.807) is 0 Å². The number of hydrogen-bond donors (Lipinski definition) is 1. The molecule has 0 unspecified atom stereocenters. The lowest BCUT2D eigenvalue weighted by molar-refractivity contribution is 0.1000. The number of primary amides is 1. The molecule has 0 saturated carbocycles. The number of rotatable bonds is 12. The van der Waals surface area contributed by atoms with Gasteiger partial charge in [0.2, 0.25) is 18.6 Å². The van der Waals surface area contributed by atoms with Gasteiger partial charge < -0.3 is 19.9 Å². The van der Waals surface area contributed by atoms with E-state index in [1.807, 2.05) is 18.2 Å². The molecule has 0 atom stereocenters. The smallest absolute Gasteiger partial charge is 0.250 e. The monoisotopic (exact) mass is 543 g/mol. The zero-order valence-electron chi connectivity index (χ0n) is 21.5. The van der Waals surface area contributed by atoms with E-state index >= 15 is 0 Å². The van der Waals surface area contributed by atoms with Gasteiger partial charge in [-0.15, -0.1) is 0 Å². The van der Waals surface area contributed by atoms with Crippen molar-refractivity contribution in [1.82, 2.24) is 9.88 Å². The summed E-state index contributed by atoms with van der Waals surface area (Å²) < 4.78 is 17.0. The first-order valence-corrected chi connectivity index (χ1v) is 13.2. The molecule has 0 aliphatic carbocycles. The van der Waals surface area contributed by atoms with E-state index < -0.39 is 5.91 Å². The highest BCUT2D eigenvalue weighted by Gasteiger charge is 2.20. The van der Waals surface area contributed by atoms with E-state index in [2.05, 4.69) is 70.5 Å². The van der Waals surface area contributed by atoms with Crippen LogP contribution in [-0.2, 0) is 6.54 Å². The molecular formula is C31H30ClN3O4. The van der Waals surface area contributed by atoms with Crippen LogP contribution in [0, 0.1) is 0 Å². The molecule has 8 heteroatoms. The average Bonchev–Trinajstić information content (AvgIpc) is 3.43. The molecule has 1 aliphatic heterocycles. The highest BCUT2D eigenvalue weighted by atomic mass is 35.5. The van der Waals surface area contributed by atoms with Crippen molar-refractivity contribution >= 4 is 17.5 Å². The molecule has 0 saturated heterocycles. The van der Waals surface area contributed by atoms with Gasteiger partial charge >= 0.3 is 0 Å². The predicted octanol–water partition coefficient (Wildman–Crippen LogP) is 5.67. The Morgan fingerprint density at radius 3 is 2.33 bits per heavy atom. The van der Waals surface area contributed by atoms with Gasteiger partial charge in [0.15, 0.2) is 11.5 Å². The Labute approximate surface area is 233 Å². The molecule has 0 spiro atoms. The summed E-state index contributed by atoms with van der Waals surface area (Å²) in [5.74, 6) is 1.45. The molecule has 4 aromatic rings. The number of halogens is 1. The van der Waals surface area contributed by atoms with Crippen LogP contribution in [-0.4, -0.2) is 42.3 Å². The minimum absolute atomic E-state index is 0.194. The highest BCUT2D eigenvalue weighted by Crippen LogP contribution is 2.33. The Bertz CT molecular complexity index is 1360. The number of fused-ring (bicyclic) bond motifs is 1. The zero-order chi connectivity index (χ0) is 27.0. The largest absolute Gasteiger partial charge is 0.477 e. The third-order valence-corrected chi connectivity index (χ3v) is 6.91. The Morgan fingerprint density at radius 1 is 0.974 bits per heavy atom. The third kappa shape index (κ3) is 6.88. The van der Waals surface area contributed by atoms with Gasteiger partial charge in [0.25, 0.3) is 0 Å². The van der Waals surface area contributed by atoms with Crippen molar-refractivity contribution in [3.05, 3.63) is 118 Å². The van der Waals surface area contributed by atoms with Crippen LogP contribution in [0.5, 0.6) is 17.4 Å². The summed E-state index contributed by atoms with van der Waals surface area (Å²) in [4.78, 5) is 17.9. The van der Waals surface area contributed by atoms with Gasteiger partial charge in [-0.25, -0.2) is 4.98 Å². The quantitative estimate of drug-likeness (QED) is 0.232. The second-order valence-electron chi connectivity index (χ2n) is 9.37. The number of aromatic nitrogens is 1. The summed E-state index contributed by atoms with van der Waals surface area (Å²) in [6.07, 6.45) is 2.12. The molecule has 0 radical (unpaired) electrons. The van der Waals surface area contributed by atoms with Crippen LogP contribution in [0.15, 0.2) is 91.1 Å². The summed E-state index contributed by atoms with van der Waals surface area (Å²) in [7, 11) is 0. The van der Waals surface area contributed by atoms with Crippen molar-refractivity contribution in [2.75, 3.05) is 26.5 Å². The van der Waals surface area contributed by atoms with Crippen molar-refractivity contribution in [3.8, 4) is 17.4 Å². The predicted molar refractivity (Wildman–Crippen MR) is 150 cm³/mol. The molecule has 7 nitrogen and oxygen atoms in total. The summed E-state index contributed by atoms with van der Waals surface area (Å²) in [6.45, 7) is 3.00. The van der Waals surface area contributed by atoms with Crippen LogP contribution < -0.4 is 19.9 Å². The Balaban J connectivity index is 1.31. The molecule has 2 N–H and O–H groups in total. The molecule has 1 aliphatic rings. The lowest BCUT2D eigenvalue weighted by Gasteiger charge is -2.28. The lowest BCUT2D eigenvalue weighted by atomic mass is 9.90. The average molecular weight is 544 g/mol. The number of nitrogens with two attached hydrogens (primary N) is 1. The number of nitrogens with zero attached hydrogens (tertiary/aromatic N) is 2. The minimum atomic E-state index is -0.582. The van der Waals surface area contributed by atoms with E-state index in [0.717, 1.165) is 43.1 Å². The van der Waals surface area contributed by atoms with E-state index in [0.29, 0.717) is 6.61 Å². The summed E-state index contributed by atoms with van der Waals surface area (Å²) >= 11 is 6.25. The maximum atomic E-state index is 11.4. The summed E-state index contributed by atoms with van der Waals surface area (Å²) in [6, 6.07) is 28.7. The topological polar surface area (TPSA) is 86.9 Å². The van der Waals surface area contributed by atoms with Crippen LogP contribution in [0.1, 0.15) is 39.4 Å². The van der Waals surface area contributed by atoms with Crippen LogP contribution in [0.2, 0.25) is 5.02 Å². The third-order valence-electron chi connectivity index (χ3n) is 6.64. The SMILES string of the molecule is NC(=O)c1cnc(OCCCN(Cc2ccc3c(c2)OCO3)CC(c2ccccc2)c2ccccc2)c(Cl)c1. The fraction of sp³-hybridized carbons (Fsp3) is 0.226. The van der Waals surface area contributed by atoms with Gasteiger partial charge in [-0.05, 0) is 41.3 Å². The second kappa shape index (κ2) is 12.7. The molecule has 0 fully saturated rings. The molecular weight excluding hydrogens is 514 g/mol. The molecule has 39 heavy (non-hydrogen) atoms. The van der Waals surface area contributed by atoms with Crippen LogP contribution in [0.4, 0.5) is 0 Å². The van der Waals surface area contributed by atoms with E-state index in [1.165, 1.54) is 23.4 Å². The van der Waals surface area contributed by atoms with E-state index in [9.17, 15) is 4.79 Å². The van der Waals surface area contributed by atoms with Gasteiger partial charge in [0, 0.05) is 31.7 Å². The first-order chi connectivity index (χ1) is 19.1. The Morgan fingerprint density at radius 2 is 1.67 bits per heavy atom. The van der Waals surface area contributed by atoms with E-state index in [4.69, 9.17) is 31.5 Å². The molecule has 1 amide bonds. The normalized spacial score (nSPS) is 12.2. The first-order valence-electron chi connectivity index (χ1n) is 12.9. The molecule has 200 valence electrons. The molecule has 5 rings (SSSR count). The number of amides is 1. The van der Waals surface area contributed by atoms with Crippen molar-refractivity contribution in [1.29, 1.82) is 0 Å². The molecule has 3 aromatic carbocycles. The summed E-state index contributed by atoms with van der Waals surface area (Å²) in [5.41, 5.74) is 9.23. The number of benzene rings is 3. The van der Waals surface area contributed by atoms with Crippen LogP contribution in [0.25, 0.3) is 0 Å². The van der Waals surface area contributed by atoms with Gasteiger partial charge in [-0.2, -0.15) is 0 Å². The molecule has 1 aromatic heterocycles. The Kier molecular flexibility index (Phi) is 8.61. The highest BCUT2D eigenvalue weighted by molar-refractivity contribution is 6.32. The first kappa shape index (κ1) is 26.5. The Hall–Kier alpha value is -4.07. The number of carbonyl (C=O) groups is 1. The summed E-state index contributed by atoms with van der Waals surface area (Å²) in [5, 5.41) is 0.261. The van der Waals surface area contributed by atoms with Crippen LogP contribution in [0.3, 0.4) is 0 Å². The van der Waals surface area contributed by atoms with Crippen molar-refractivity contribution in [2.24, 2.45) is 5.73 Å². The van der Waals surface area contributed by atoms with Gasteiger partial charge in [0.1, 0.15) is 5.02 Å². The van der Waals surface area contributed by atoms with Crippen LogP contribution >= 0.6 is 11.6 Å². The van der Waals surface area contributed by atoms with Crippen molar-refractivity contribution < 1.29 is 19.0 Å². The van der Waals surface area contributed by atoms with Crippen molar-refractivity contribution in [2.45, 2.75) is 18.9 Å². The molecule has 0 bridgehead atoms. The van der Waals surface area contributed by atoms with E-state index in [-0.39, 0.29) is 29.2 Å². The fourth-order valence-electron chi connectivity index (χ4n) is 4.69. The number of pyridine rings is 1. The second-order valence-corrected chi connectivity index (χ2v) is 9.78. The minimum Gasteiger partial charge on any atom is -0.477 e. The maximum absolute atomic E-state index is 11.4. The number of ether oxygens (including phenoxy) is 3.